The van der Waals surface area contributed by atoms with Crippen LogP contribution in [0, 0.1) is 12.7 Å². The van der Waals surface area contributed by atoms with Gasteiger partial charge in [-0.25, -0.2) is 4.39 Å². The number of rotatable bonds is 4. The summed E-state index contributed by atoms with van der Waals surface area (Å²) in [5.74, 6) is -0.321. The van der Waals surface area contributed by atoms with Gasteiger partial charge >= 0.3 is 0 Å². The van der Waals surface area contributed by atoms with Crippen molar-refractivity contribution in [1.82, 2.24) is 20.1 Å². The maximum absolute atomic E-state index is 13.2. The summed E-state index contributed by atoms with van der Waals surface area (Å²) in [6.07, 6.45) is 3.60. The molecule has 0 aliphatic heterocycles. The fraction of sp³-hybridized carbons (Fsp3) is 0.385. The van der Waals surface area contributed by atoms with Gasteiger partial charge in [-0.3, -0.25) is 9.67 Å². The second-order valence-corrected chi connectivity index (χ2v) is 5.24. The molecule has 0 amide bonds. The van der Waals surface area contributed by atoms with Crippen LogP contribution in [0.25, 0.3) is 0 Å². The Morgan fingerprint density at radius 3 is 2.74 bits per heavy atom. The molecule has 2 rings (SSSR count). The maximum atomic E-state index is 13.2. The number of nitrogens with one attached hydrogen (secondary N) is 1. The number of hydrogen-bond donors (Lipinski definition) is 1. The van der Waals surface area contributed by atoms with Gasteiger partial charge in [0.15, 0.2) is 0 Å². The molecule has 0 saturated heterocycles. The average molecular weight is 327 g/mol. The first-order chi connectivity index (χ1) is 9.02. The van der Waals surface area contributed by atoms with Crippen LogP contribution in [0.5, 0.6) is 0 Å². The Labute approximate surface area is 120 Å². The van der Waals surface area contributed by atoms with E-state index in [1.807, 2.05) is 25.7 Å². The molecule has 102 valence electrons. The molecular formula is C13H16BrFN4. The summed E-state index contributed by atoms with van der Waals surface area (Å²) in [7, 11) is 3.76. The van der Waals surface area contributed by atoms with Crippen molar-refractivity contribution >= 4 is 15.9 Å². The number of aryl methyl sites for hydroxylation is 2. The minimum absolute atomic E-state index is 0.00528. The van der Waals surface area contributed by atoms with E-state index < -0.39 is 0 Å². The van der Waals surface area contributed by atoms with Crippen LogP contribution in [-0.2, 0) is 13.5 Å². The summed E-state index contributed by atoms with van der Waals surface area (Å²) < 4.78 is 16.1. The van der Waals surface area contributed by atoms with Gasteiger partial charge in [0.1, 0.15) is 5.82 Å². The first-order valence-electron chi connectivity index (χ1n) is 5.98. The zero-order valence-corrected chi connectivity index (χ0v) is 12.7. The molecule has 0 fully saturated rings. The lowest BCUT2D eigenvalue weighted by molar-refractivity contribution is 0.549. The van der Waals surface area contributed by atoms with Gasteiger partial charge in [0.2, 0.25) is 0 Å². The van der Waals surface area contributed by atoms with E-state index >= 15 is 0 Å². The van der Waals surface area contributed by atoms with Gasteiger partial charge in [0.05, 0.1) is 22.1 Å². The zero-order valence-electron chi connectivity index (χ0n) is 11.1. The van der Waals surface area contributed by atoms with Crippen LogP contribution < -0.4 is 5.32 Å². The van der Waals surface area contributed by atoms with Crippen molar-refractivity contribution in [3.8, 4) is 0 Å². The molecule has 0 bridgehead atoms. The Morgan fingerprint density at radius 2 is 2.21 bits per heavy atom. The average Bonchev–Trinajstić information content (AvgIpc) is 2.61. The molecule has 0 radical (unpaired) electrons. The van der Waals surface area contributed by atoms with Crippen LogP contribution in [0.3, 0.4) is 0 Å². The molecule has 0 aliphatic carbocycles. The van der Waals surface area contributed by atoms with Crippen molar-refractivity contribution in [3.05, 3.63) is 45.7 Å². The van der Waals surface area contributed by atoms with Gasteiger partial charge in [-0.1, -0.05) is 0 Å². The molecule has 2 aromatic rings. The van der Waals surface area contributed by atoms with Crippen molar-refractivity contribution in [1.29, 1.82) is 0 Å². The molecule has 0 spiro atoms. The van der Waals surface area contributed by atoms with Crippen molar-refractivity contribution in [3.63, 3.8) is 0 Å². The summed E-state index contributed by atoms with van der Waals surface area (Å²) in [6.45, 7) is 1.95. The highest BCUT2D eigenvalue weighted by atomic mass is 79.9. The minimum atomic E-state index is -0.321. The highest BCUT2D eigenvalue weighted by Crippen LogP contribution is 2.25. The second-order valence-electron chi connectivity index (χ2n) is 4.45. The van der Waals surface area contributed by atoms with E-state index in [2.05, 4.69) is 31.3 Å². The van der Waals surface area contributed by atoms with Gasteiger partial charge in [0.25, 0.3) is 0 Å². The molecule has 2 aromatic heterocycles. The van der Waals surface area contributed by atoms with Crippen LogP contribution >= 0.6 is 15.9 Å². The van der Waals surface area contributed by atoms with E-state index in [1.54, 1.807) is 6.20 Å². The number of pyridine rings is 1. The predicted octanol–water partition coefficient (Wildman–Crippen LogP) is 2.53. The standard InChI is InChI=1S/C13H16BrFN4/c1-8-13(14)12(19(3)18-8)5-11(16-2)9-4-10(15)7-17-6-9/h4,6-7,11,16H,5H2,1-3H3. The number of likely N-dealkylation sites (N-methyl/N-ethyl adjacent to an activating group) is 1. The van der Waals surface area contributed by atoms with Crippen LogP contribution in [0.1, 0.15) is 23.0 Å². The van der Waals surface area contributed by atoms with Gasteiger partial charge in [0, 0.05) is 25.7 Å². The maximum Gasteiger partial charge on any atom is 0.141 e. The first kappa shape index (κ1) is 14.1. The minimum Gasteiger partial charge on any atom is -0.313 e. The lowest BCUT2D eigenvalue weighted by atomic mass is 10.0. The van der Waals surface area contributed by atoms with Crippen molar-refractivity contribution in [2.24, 2.45) is 7.05 Å². The lowest BCUT2D eigenvalue weighted by Crippen LogP contribution is -2.20. The van der Waals surface area contributed by atoms with Gasteiger partial charge in [-0.15, -0.1) is 0 Å². The fourth-order valence-corrected chi connectivity index (χ4v) is 2.60. The topological polar surface area (TPSA) is 42.7 Å². The highest BCUT2D eigenvalue weighted by molar-refractivity contribution is 9.10. The third-order valence-corrected chi connectivity index (χ3v) is 4.17. The second kappa shape index (κ2) is 5.79. The monoisotopic (exact) mass is 326 g/mol. The number of halogens is 2. The van der Waals surface area contributed by atoms with Crippen LogP contribution in [0.2, 0.25) is 0 Å². The predicted molar refractivity (Wildman–Crippen MR) is 75.3 cm³/mol. The van der Waals surface area contributed by atoms with Crippen LogP contribution in [0.15, 0.2) is 22.9 Å². The molecule has 4 nitrogen and oxygen atoms in total. The molecule has 0 aliphatic rings. The third-order valence-electron chi connectivity index (χ3n) is 3.14. The van der Waals surface area contributed by atoms with Crippen LogP contribution in [0.4, 0.5) is 4.39 Å². The molecule has 1 N–H and O–H groups in total. The summed E-state index contributed by atoms with van der Waals surface area (Å²) in [6, 6.07) is 1.50. The Kier molecular flexibility index (Phi) is 4.31. The smallest absolute Gasteiger partial charge is 0.141 e. The summed E-state index contributed by atoms with van der Waals surface area (Å²) in [4.78, 5) is 3.90. The van der Waals surface area contributed by atoms with E-state index in [0.717, 1.165) is 21.4 Å². The number of aromatic nitrogens is 3. The van der Waals surface area contributed by atoms with Crippen LogP contribution in [-0.4, -0.2) is 21.8 Å². The quantitative estimate of drug-likeness (QED) is 0.938. The largest absolute Gasteiger partial charge is 0.313 e. The highest BCUT2D eigenvalue weighted by Gasteiger charge is 2.17. The normalized spacial score (nSPS) is 12.7. The molecule has 2 heterocycles. The van der Waals surface area contributed by atoms with Gasteiger partial charge < -0.3 is 5.32 Å². The van der Waals surface area contributed by atoms with Crippen molar-refractivity contribution in [2.75, 3.05) is 7.05 Å². The Morgan fingerprint density at radius 1 is 1.47 bits per heavy atom. The number of nitrogens with zero attached hydrogens (tertiary/aromatic N) is 3. The molecule has 0 saturated carbocycles. The number of hydrogen-bond acceptors (Lipinski definition) is 3. The molecule has 0 aromatic carbocycles. The summed E-state index contributed by atoms with van der Waals surface area (Å²) in [5.41, 5.74) is 2.85. The lowest BCUT2D eigenvalue weighted by Gasteiger charge is -2.16. The third kappa shape index (κ3) is 3.01. The van der Waals surface area contributed by atoms with E-state index in [1.165, 1.54) is 12.3 Å². The van der Waals surface area contributed by atoms with Gasteiger partial charge in [-0.05, 0) is 41.5 Å². The molecule has 1 atom stereocenters. The van der Waals surface area contributed by atoms with Crippen molar-refractivity contribution in [2.45, 2.75) is 19.4 Å². The summed E-state index contributed by atoms with van der Waals surface area (Å²) in [5, 5.41) is 7.55. The van der Waals surface area contributed by atoms with Gasteiger partial charge in [-0.2, -0.15) is 5.10 Å². The Bertz CT molecular complexity index is 582. The van der Waals surface area contributed by atoms with Crippen molar-refractivity contribution < 1.29 is 4.39 Å². The Hall–Kier alpha value is -1.27. The zero-order chi connectivity index (χ0) is 14.0. The van der Waals surface area contributed by atoms with E-state index in [9.17, 15) is 4.39 Å². The SMILES string of the molecule is CNC(Cc1c(Br)c(C)nn1C)c1cncc(F)c1. The van der Waals surface area contributed by atoms with E-state index in [-0.39, 0.29) is 11.9 Å². The first-order valence-corrected chi connectivity index (χ1v) is 6.78. The fourth-order valence-electron chi connectivity index (χ4n) is 2.10. The molecular weight excluding hydrogens is 311 g/mol. The molecule has 19 heavy (non-hydrogen) atoms. The van der Waals surface area contributed by atoms with E-state index in [0.29, 0.717) is 6.42 Å². The Balaban J connectivity index is 2.29. The molecule has 1 unspecified atom stereocenters. The molecule has 6 heteroatoms. The summed E-state index contributed by atoms with van der Waals surface area (Å²) >= 11 is 3.54. The van der Waals surface area contributed by atoms with E-state index in [4.69, 9.17) is 0 Å².